The Kier molecular flexibility index (Phi) is 4.66. The molecule has 0 spiro atoms. The van der Waals surface area contributed by atoms with E-state index in [1.54, 1.807) is 0 Å². The highest BCUT2D eigenvalue weighted by molar-refractivity contribution is 7.89. The summed E-state index contributed by atoms with van der Waals surface area (Å²) in [6.45, 7) is 2.73. The number of benzene rings is 1. The van der Waals surface area contributed by atoms with Gasteiger partial charge in [0.05, 0.1) is 15.9 Å². The molecule has 1 aliphatic heterocycles. The van der Waals surface area contributed by atoms with Crippen molar-refractivity contribution in [1.82, 2.24) is 4.72 Å². The van der Waals surface area contributed by atoms with Gasteiger partial charge in [0.1, 0.15) is 0 Å². The van der Waals surface area contributed by atoms with Gasteiger partial charge in [-0.25, -0.2) is 13.1 Å². The zero-order valence-electron chi connectivity index (χ0n) is 11.3. The molecule has 1 saturated heterocycles. The van der Waals surface area contributed by atoms with Crippen molar-refractivity contribution in [2.45, 2.75) is 29.2 Å². The summed E-state index contributed by atoms with van der Waals surface area (Å²) >= 11 is 0. The van der Waals surface area contributed by atoms with Crippen LogP contribution in [0, 0.1) is 5.92 Å². The Labute approximate surface area is 123 Å². The van der Waals surface area contributed by atoms with Crippen molar-refractivity contribution in [3.63, 3.8) is 0 Å². The smallest absolute Gasteiger partial charge is 0.332 e. The summed E-state index contributed by atoms with van der Waals surface area (Å²) in [5.41, 5.74) is 0. The highest BCUT2D eigenvalue weighted by Crippen LogP contribution is 2.21. The van der Waals surface area contributed by atoms with Crippen LogP contribution in [0.2, 0.25) is 0 Å². The van der Waals surface area contributed by atoms with Gasteiger partial charge in [0, 0.05) is 19.1 Å². The molecule has 0 saturated carbocycles. The molecule has 1 aliphatic rings. The SMILES string of the molecule is CC1OCCC1CNS(=O)(=O)c1ccc(S(=O)(=O)F)cc1. The molecule has 2 unspecified atom stereocenters. The highest BCUT2D eigenvalue weighted by Gasteiger charge is 2.26. The lowest BCUT2D eigenvalue weighted by atomic mass is 10.0. The van der Waals surface area contributed by atoms with E-state index in [-0.39, 0.29) is 23.5 Å². The van der Waals surface area contributed by atoms with E-state index in [0.717, 1.165) is 30.7 Å². The van der Waals surface area contributed by atoms with E-state index in [1.807, 2.05) is 6.92 Å². The van der Waals surface area contributed by atoms with Crippen LogP contribution in [0.3, 0.4) is 0 Å². The molecule has 0 bridgehead atoms. The van der Waals surface area contributed by atoms with E-state index in [1.165, 1.54) is 0 Å². The summed E-state index contributed by atoms with van der Waals surface area (Å²) in [6.07, 6.45) is 0.773. The minimum Gasteiger partial charge on any atom is -0.378 e. The Morgan fingerprint density at radius 3 is 2.24 bits per heavy atom. The zero-order valence-corrected chi connectivity index (χ0v) is 13.0. The second-order valence-corrected chi connectivity index (χ2v) is 8.00. The van der Waals surface area contributed by atoms with Crippen molar-refractivity contribution in [2.75, 3.05) is 13.2 Å². The maximum Gasteiger partial charge on any atom is 0.332 e. The van der Waals surface area contributed by atoms with Gasteiger partial charge in [0.2, 0.25) is 10.0 Å². The summed E-state index contributed by atoms with van der Waals surface area (Å²) in [5, 5.41) is 0. The molecule has 2 rings (SSSR count). The zero-order chi connectivity index (χ0) is 15.7. The first-order chi connectivity index (χ1) is 9.70. The molecule has 9 heteroatoms. The van der Waals surface area contributed by atoms with Gasteiger partial charge < -0.3 is 4.74 Å². The fraction of sp³-hybridized carbons (Fsp3) is 0.500. The summed E-state index contributed by atoms with van der Waals surface area (Å²) in [5.74, 6) is 0.102. The molecule has 1 heterocycles. The minimum absolute atomic E-state index is 0.00763. The number of hydrogen-bond donors (Lipinski definition) is 1. The van der Waals surface area contributed by atoms with Gasteiger partial charge in [-0.3, -0.25) is 0 Å². The molecule has 1 aromatic rings. The number of hydrogen-bond acceptors (Lipinski definition) is 5. The van der Waals surface area contributed by atoms with Crippen LogP contribution in [0.4, 0.5) is 3.89 Å². The van der Waals surface area contributed by atoms with E-state index in [4.69, 9.17) is 4.74 Å². The molecule has 1 fully saturated rings. The normalized spacial score (nSPS) is 23.3. The summed E-state index contributed by atoms with van der Waals surface area (Å²) < 4.78 is 66.0. The van der Waals surface area contributed by atoms with Crippen molar-refractivity contribution < 1.29 is 25.5 Å². The third kappa shape index (κ3) is 4.00. The van der Waals surface area contributed by atoms with Gasteiger partial charge in [-0.15, -0.1) is 3.89 Å². The molecule has 0 radical (unpaired) electrons. The van der Waals surface area contributed by atoms with Gasteiger partial charge in [-0.1, -0.05) is 0 Å². The first kappa shape index (κ1) is 16.3. The number of nitrogens with one attached hydrogen (secondary N) is 1. The fourth-order valence-corrected chi connectivity index (χ4v) is 3.68. The van der Waals surface area contributed by atoms with E-state index >= 15 is 0 Å². The molecule has 1 N–H and O–H groups in total. The Morgan fingerprint density at radius 1 is 1.19 bits per heavy atom. The van der Waals surface area contributed by atoms with E-state index in [9.17, 15) is 20.7 Å². The van der Waals surface area contributed by atoms with Gasteiger partial charge in [0.25, 0.3) is 0 Å². The van der Waals surface area contributed by atoms with E-state index in [2.05, 4.69) is 4.72 Å². The summed E-state index contributed by atoms with van der Waals surface area (Å²) in [7, 11) is -8.59. The first-order valence-corrected chi connectivity index (χ1v) is 9.23. The molecule has 0 aliphatic carbocycles. The lowest BCUT2D eigenvalue weighted by molar-refractivity contribution is 0.107. The molecule has 21 heavy (non-hydrogen) atoms. The van der Waals surface area contributed by atoms with Crippen molar-refractivity contribution in [3.8, 4) is 0 Å². The predicted molar refractivity (Wildman–Crippen MR) is 73.4 cm³/mol. The van der Waals surface area contributed by atoms with Crippen LogP contribution in [-0.4, -0.2) is 36.1 Å². The van der Waals surface area contributed by atoms with Gasteiger partial charge in [-0.05, 0) is 37.6 Å². The molecule has 0 amide bonds. The Balaban J connectivity index is 2.09. The first-order valence-electron chi connectivity index (χ1n) is 6.36. The van der Waals surface area contributed by atoms with Crippen LogP contribution in [0.15, 0.2) is 34.1 Å². The molecule has 118 valence electrons. The second kappa shape index (κ2) is 5.99. The maximum atomic E-state index is 12.7. The average Bonchev–Trinajstić information content (AvgIpc) is 2.81. The quantitative estimate of drug-likeness (QED) is 0.811. The summed E-state index contributed by atoms with van der Waals surface area (Å²) in [4.78, 5) is -0.680. The molecule has 1 aromatic carbocycles. The molecule has 6 nitrogen and oxygen atoms in total. The Hall–Kier alpha value is -1.03. The van der Waals surface area contributed by atoms with E-state index < -0.39 is 25.1 Å². The third-order valence-electron chi connectivity index (χ3n) is 3.48. The molecular weight excluding hydrogens is 321 g/mol. The Morgan fingerprint density at radius 2 is 1.76 bits per heavy atom. The Bertz CT molecular complexity index is 700. The van der Waals surface area contributed by atoms with Gasteiger partial charge in [-0.2, -0.15) is 8.42 Å². The topological polar surface area (TPSA) is 89.5 Å². The maximum absolute atomic E-state index is 12.7. The lowest BCUT2D eigenvalue weighted by Gasteiger charge is -2.15. The number of halogens is 1. The monoisotopic (exact) mass is 337 g/mol. The van der Waals surface area contributed by atoms with E-state index in [0.29, 0.717) is 6.61 Å². The van der Waals surface area contributed by atoms with Crippen molar-refractivity contribution in [2.24, 2.45) is 5.92 Å². The van der Waals surface area contributed by atoms with Crippen LogP contribution in [0.25, 0.3) is 0 Å². The average molecular weight is 337 g/mol. The number of ether oxygens (including phenoxy) is 1. The third-order valence-corrected chi connectivity index (χ3v) is 5.76. The van der Waals surface area contributed by atoms with Crippen LogP contribution in [0.1, 0.15) is 13.3 Å². The number of rotatable bonds is 5. The van der Waals surface area contributed by atoms with Crippen LogP contribution in [-0.2, 0) is 25.0 Å². The highest BCUT2D eigenvalue weighted by atomic mass is 32.3. The molecule has 0 aromatic heterocycles. The largest absolute Gasteiger partial charge is 0.378 e. The van der Waals surface area contributed by atoms with Crippen LogP contribution in [0.5, 0.6) is 0 Å². The standard InChI is InChI=1S/C12H16FNO5S2/c1-9-10(6-7-19-9)8-14-21(17,18)12-4-2-11(3-5-12)20(13,15)16/h2-5,9-10,14H,6-8H2,1H3. The van der Waals surface area contributed by atoms with Gasteiger partial charge >= 0.3 is 10.2 Å². The molecule has 2 atom stereocenters. The van der Waals surface area contributed by atoms with Crippen molar-refractivity contribution in [1.29, 1.82) is 0 Å². The number of sulfonamides is 1. The summed E-state index contributed by atoms with van der Waals surface area (Å²) in [6, 6.07) is 3.96. The predicted octanol–water partition coefficient (Wildman–Crippen LogP) is 1.05. The second-order valence-electron chi connectivity index (χ2n) is 4.89. The molecular formula is C12H16FNO5S2. The van der Waals surface area contributed by atoms with Crippen LogP contribution >= 0.6 is 0 Å². The van der Waals surface area contributed by atoms with Crippen LogP contribution < -0.4 is 4.72 Å². The minimum atomic E-state index is -4.83. The van der Waals surface area contributed by atoms with Crippen molar-refractivity contribution in [3.05, 3.63) is 24.3 Å². The fourth-order valence-electron chi connectivity index (χ4n) is 2.13. The van der Waals surface area contributed by atoms with Crippen molar-refractivity contribution >= 4 is 20.2 Å². The lowest BCUT2D eigenvalue weighted by Crippen LogP contribution is -2.32. The van der Waals surface area contributed by atoms with Gasteiger partial charge in [0.15, 0.2) is 0 Å².